The Morgan fingerprint density at radius 3 is 2.38 bits per heavy atom. The summed E-state index contributed by atoms with van der Waals surface area (Å²) in [6.45, 7) is 6.34. The Labute approximate surface area is 124 Å². The molecule has 21 heavy (non-hydrogen) atoms. The van der Waals surface area contributed by atoms with Crippen molar-refractivity contribution in [3.05, 3.63) is 0 Å². The second-order valence-electron chi connectivity index (χ2n) is 6.41. The van der Waals surface area contributed by atoms with Crippen LogP contribution in [0.25, 0.3) is 0 Å². The van der Waals surface area contributed by atoms with Crippen LogP contribution in [0.2, 0.25) is 0 Å². The normalized spacial score (nSPS) is 29.9. The standard InChI is InChI=1S/C15H23NO5/c1-9(2)11-5-4-10(3)8-12(11)20-15(19)21-16-13(17)6-7-14(16)18/h9-12H,4-8H2,1-3H3/t10-,11+,12-/m1/s1. The molecule has 0 N–H and O–H groups in total. The first-order chi connectivity index (χ1) is 9.88. The summed E-state index contributed by atoms with van der Waals surface area (Å²) in [7, 11) is 0. The van der Waals surface area contributed by atoms with E-state index >= 15 is 0 Å². The Hall–Kier alpha value is -1.59. The summed E-state index contributed by atoms with van der Waals surface area (Å²) >= 11 is 0. The van der Waals surface area contributed by atoms with Gasteiger partial charge >= 0.3 is 6.16 Å². The maximum Gasteiger partial charge on any atom is 0.534 e. The fourth-order valence-corrected chi connectivity index (χ4v) is 3.13. The number of ether oxygens (including phenoxy) is 1. The van der Waals surface area contributed by atoms with Crippen LogP contribution in [0.1, 0.15) is 52.9 Å². The lowest BCUT2D eigenvalue weighted by molar-refractivity contribution is -0.180. The number of hydrogen-bond donors (Lipinski definition) is 0. The summed E-state index contributed by atoms with van der Waals surface area (Å²) in [6, 6.07) is 0. The second-order valence-corrected chi connectivity index (χ2v) is 6.41. The van der Waals surface area contributed by atoms with Gasteiger partial charge in [-0.1, -0.05) is 32.3 Å². The van der Waals surface area contributed by atoms with Crippen molar-refractivity contribution >= 4 is 18.0 Å². The summed E-state index contributed by atoms with van der Waals surface area (Å²) in [6.07, 6.45) is 1.93. The molecule has 2 amide bonds. The van der Waals surface area contributed by atoms with Crippen LogP contribution in [-0.2, 0) is 19.2 Å². The van der Waals surface area contributed by atoms with E-state index in [1.165, 1.54) is 0 Å². The minimum absolute atomic E-state index is 0.0845. The molecule has 0 bridgehead atoms. The van der Waals surface area contributed by atoms with Gasteiger partial charge in [0, 0.05) is 12.8 Å². The number of carbonyl (C=O) groups excluding carboxylic acids is 3. The van der Waals surface area contributed by atoms with Gasteiger partial charge in [-0.05, 0) is 30.6 Å². The fourth-order valence-electron chi connectivity index (χ4n) is 3.13. The molecular weight excluding hydrogens is 274 g/mol. The summed E-state index contributed by atoms with van der Waals surface area (Å²) in [5, 5.41) is 0.527. The first kappa shape index (κ1) is 15.8. The highest BCUT2D eigenvalue weighted by atomic mass is 16.8. The van der Waals surface area contributed by atoms with Crippen molar-refractivity contribution in [2.75, 3.05) is 0 Å². The molecule has 1 heterocycles. The third kappa shape index (κ3) is 3.74. The van der Waals surface area contributed by atoms with Crippen molar-refractivity contribution in [1.29, 1.82) is 0 Å². The molecule has 3 atom stereocenters. The Kier molecular flexibility index (Phi) is 4.85. The van der Waals surface area contributed by atoms with E-state index in [9.17, 15) is 14.4 Å². The van der Waals surface area contributed by atoms with Crippen molar-refractivity contribution in [1.82, 2.24) is 5.06 Å². The molecule has 0 aromatic carbocycles. The van der Waals surface area contributed by atoms with Gasteiger partial charge < -0.3 is 4.74 Å². The van der Waals surface area contributed by atoms with Crippen molar-refractivity contribution in [2.45, 2.75) is 59.0 Å². The van der Waals surface area contributed by atoms with Crippen LogP contribution >= 0.6 is 0 Å². The average molecular weight is 297 g/mol. The molecule has 0 aromatic heterocycles. The van der Waals surface area contributed by atoms with Gasteiger partial charge in [0.25, 0.3) is 11.8 Å². The number of carbonyl (C=O) groups is 3. The van der Waals surface area contributed by atoms with Gasteiger partial charge in [0.1, 0.15) is 6.10 Å². The Balaban J connectivity index is 1.93. The monoisotopic (exact) mass is 297 g/mol. The smallest absolute Gasteiger partial charge is 0.429 e. The molecule has 0 aromatic rings. The highest BCUT2D eigenvalue weighted by Gasteiger charge is 2.37. The van der Waals surface area contributed by atoms with Crippen LogP contribution in [0.15, 0.2) is 0 Å². The van der Waals surface area contributed by atoms with Crippen LogP contribution in [0.3, 0.4) is 0 Å². The van der Waals surface area contributed by atoms with E-state index in [-0.39, 0.29) is 18.9 Å². The molecule has 2 aliphatic rings. The van der Waals surface area contributed by atoms with Crippen LogP contribution < -0.4 is 0 Å². The molecule has 118 valence electrons. The summed E-state index contributed by atoms with van der Waals surface area (Å²) in [5.74, 6) is 0.209. The van der Waals surface area contributed by atoms with E-state index in [0.29, 0.717) is 22.8 Å². The van der Waals surface area contributed by atoms with E-state index in [1.54, 1.807) is 0 Å². The molecular formula is C15H23NO5. The number of amides is 2. The minimum Gasteiger partial charge on any atom is -0.429 e. The van der Waals surface area contributed by atoms with Crippen molar-refractivity contribution < 1.29 is 24.0 Å². The Morgan fingerprint density at radius 1 is 1.19 bits per heavy atom. The van der Waals surface area contributed by atoms with Gasteiger partial charge in [0.2, 0.25) is 0 Å². The lowest BCUT2D eigenvalue weighted by atomic mass is 9.75. The zero-order valence-electron chi connectivity index (χ0n) is 12.8. The highest BCUT2D eigenvalue weighted by Crippen LogP contribution is 2.35. The van der Waals surface area contributed by atoms with Gasteiger partial charge in [-0.3, -0.25) is 14.4 Å². The molecule has 0 radical (unpaired) electrons. The summed E-state index contributed by atoms with van der Waals surface area (Å²) in [4.78, 5) is 39.4. The minimum atomic E-state index is -0.955. The van der Waals surface area contributed by atoms with Gasteiger partial charge in [-0.2, -0.15) is 0 Å². The van der Waals surface area contributed by atoms with E-state index in [4.69, 9.17) is 9.57 Å². The molecule has 0 spiro atoms. The van der Waals surface area contributed by atoms with Crippen LogP contribution in [0.4, 0.5) is 4.79 Å². The quantitative estimate of drug-likeness (QED) is 0.591. The molecule has 1 saturated heterocycles. The molecule has 2 rings (SSSR count). The van der Waals surface area contributed by atoms with Gasteiger partial charge in [-0.15, -0.1) is 0 Å². The lowest BCUT2D eigenvalue weighted by Gasteiger charge is -2.36. The lowest BCUT2D eigenvalue weighted by Crippen LogP contribution is -2.38. The number of rotatable bonds is 3. The molecule has 2 fully saturated rings. The number of hydroxylamine groups is 2. The fraction of sp³-hybridized carbons (Fsp3) is 0.800. The predicted octanol–water partition coefficient (Wildman–Crippen LogP) is 2.66. The van der Waals surface area contributed by atoms with Crippen LogP contribution in [0, 0.1) is 17.8 Å². The maximum absolute atomic E-state index is 11.8. The number of nitrogens with zero attached hydrogens (tertiary/aromatic N) is 1. The third-order valence-electron chi connectivity index (χ3n) is 4.38. The van der Waals surface area contributed by atoms with Gasteiger partial charge in [-0.25, -0.2) is 4.79 Å². The predicted molar refractivity (Wildman–Crippen MR) is 73.8 cm³/mol. The number of hydrogen-bond acceptors (Lipinski definition) is 5. The zero-order chi connectivity index (χ0) is 15.6. The second kappa shape index (κ2) is 6.45. The number of imide groups is 1. The molecule has 1 aliphatic heterocycles. The SMILES string of the molecule is CC(C)[C@@H]1CC[C@@H](C)C[C@H]1OC(=O)ON1C(=O)CCC1=O. The summed E-state index contributed by atoms with van der Waals surface area (Å²) < 4.78 is 5.39. The molecule has 1 saturated carbocycles. The maximum atomic E-state index is 11.8. The van der Waals surface area contributed by atoms with E-state index in [1.807, 2.05) is 0 Å². The first-order valence-corrected chi connectivity index (χ1v) is 7.62. The topological polar surface area (TPSA) is 72.9 Å². The largest absolute Gasteiger partial charge is 0.534 e. The Bertz CT molecular complexity index is 418. The molecule has 6 nitrogen and oxygen atoms in total. The van der Waals surface area contributed by atoms with Crippen molar-refractivity contribution in [2.24, 2.45) is 17.8 Å². The van der Waals surface area contributed by atoms with E-state index in [0.717, 1.165) is 19.3 Å². The molecule has 6 heteroatoms. The average Bonchev–Trinajstić information content (AvgIpc) is 2.70. The van der Waals surface area contributed by atoms with Crippen LogP contribution in [-0.4, -0.2) is 29.1 Å². The van der Waals surface area contributed by atoms with E-state index in [2.05, 4.69) is 20.8 Å². The molecule has 0 unspecified atom stereocenters. The molecule has 1 aliphatic carbocycles. The van der Waals surface area contributed by atoms with Crippen LogP contribution in [0.5, 0.6) is 0 Å². The van der Waals surface area contributed by atoms with Crippen molar-refractivity contribution in [3.63, 3.8) is 0 Å². The van der Waals surface area contributed by atoms with Gasteiger partial charge in [0.15, 0.2) is 0 Å². The highest BCUT2D eigenvalue weighted by molar-refractivity contribution is 6.01. The van der Waals surface area contributed by atoms with Crippen molar-refractivity contribution in [3.8, 4) is 0 Å². The summed E-state index contributed by atoms with van der Waals surface area (Å²) in [5.41, 5.74) is 0. The zero-order valence-corrected chi connectivity index (χ0v) is 12.8. The van der Waals surface area contributed by atoms with Gasteiger partial charge in [0.05, 0.1) is 0 Å². The first-order valence-electron chi connectivity index (χ1n) is 7.62. The third-order valence-corrected chi connectivity index (χ3v) is 4.38. The van der Waals surface area contributed by atoms with E-state index < -0.39 is 18.0 Å². The Morgan fingerprint density at radius 2 is 1.81 bits per heavy atom.